The summed E-state index contributed by atoms with van der Waals surface area (Å²) < 4.78 is 13.2. The Morgan fingerprint density at radius 1 is 1.23 bits per heavy atom. The molecule has 1 aliphatic heterocycles. The van der Waals surface area contributed by atoms with E-state index in [9.17, 15) is 4.79 Å². The van der Waals surface area contributed by atoms with E-state index in [1.165, 1.54) is 0 Å². The molecule has 1 amide bonds. The second kappa shape index (κ2) is 10.3. The molecule has 0 saturated carbocycles. The zero-order valence-corrected chi connectivity index (χ0v) is 20.1. The zero-order chi connectivity index (χ0) is 24.2. The minimum atomic E-state index is -0.107. The van der Waals surface area contributed by atoms with E-state index in [1.54, 1.807) is 12.5 Å². The molecule has 0 unspecified atom stereocenters. The van der Waals surface area contributed by atoms with Crippen LogP contribution in [-0.4, -0.2) is 44.9 Å². The number of carbonyl (C=O) groups excluding carboxylic acids is 1. The number of anilines is 1. The monoisotopic (exact) mass is 474 g/mol. The maximum atomic E-state index is 12.5. The summed E-state index contributed by atoms with van der Waals surface area (Å²) in [6.45, 7) is 6.75. The van der Waals surface area contributed by atoms with Gasteiger partial charge in [0.15, 0.2) is 5.65 Å². The van der Waals surface area contributed by atoms with Gasteiger partial charge in [0.2, 0.25) is 11.8 Å². The van der Waals surface area contributed by atoms with Crippen molar-refractivity contribution in [3.05, 3.63) is 59.7 Å². The van der Waals surface area contributed by atoms with E-state index in [2.05, 4.69) is 31.8 Å². The maximum Gasteiger partial charge on any atom is 0.229 e. The van der Waals surface area contributed by atoms with Gasteiger partial charge in [-0.15, -0.1) is 0 Å². The smallest absolute Gasteiger partial charge is 0.229 e. The predicted octanol–water partition coefficient (Wildman–Crippen LogP) is 3.86. The minimum absolute atomic E-state index is 0.107. The van der Waals surface area contributed by atoms with Crippen molar-refractivity contribution in [2.75, 3.05) is 18.5 Å². The second-order valence-corrected chi connectivity index (χ2v) is 8.86. The molecule has 0 bridgehead atoms. The SMILES string of the molecule is CCn1ncc2c(NC3CCOCC3)c(-c3nc(CC(=O)NCc4cccc(C)c4)co3)cnc21. The molecule has 4 aromatic rings. The Bertz CT molecular complexity index is 1320. The number of fused-ring (bicyclic) bond motifs is 1. The number of aryl methyl sites for hydroxylation is 2. The van der Waals surface area contributed by atoms with Crippen molar-refractivity contribution < 1.29 is 13.9 Å². The quantitative estimate of drug-likeness (QED) is 0.399. The molecule has 182 valence electrons. The number of aromatic nitrogens is 4. The van der Waals surface area contributed by atoms with Gasteiger partial charge in [0.25, 0.3) is 0 Å². The van der Waals surface area contributed by atoms with E-state index in [0.717, 1.165) is 66.0 Å². The normalized spacial score (nSPS) is 14.3. The third kappa shape index (κ3) is 5.19. The van der Waals surface area contributed by atoms with E-state index in [0.29, 0.717) is 18.1 Å². The van der Waals surface area contributed by atoms with E-state index in [-0.39, 0.29) is 18.4 Å². The molecule has 35 heavy (non-hydrogen) atoms. The van der Waals surface area contributed by atoms with E-state index in [4.69, 9.17) is 9.15 Å². The van der Waals surface area contributed by atoms with Gasteiger partial charge in [-0.05, 0) is 32.3 Å². The Morgan fingerprint density at radius 3 is 2.89 bits per heavy atom. The highest BCUT2D eigenvalue weighted by Gasteiger charge is 2.22. The first-order chi connectivity index (χ1) is 17.1. The second-order valence-electron chi connectivity index (χ2n) is 8.86. The average molecular weight is 475 g/mol. The number of nitrogens with one attached hydrogen (secondary N) is 2. The van der Waals surface area contributed by atoms with Gasteiger partial charge in [-0.2, -0.15) is 5.10 Å². The molecule has 0 spiro atoms. The predicted molar refractivity (Wildman–Crippen MR) is 133 cm³/mol. The number of carbonyl (C=O) groups is 1. The highest BCUT2D eigenvalue weighted by atomic mass is 16.5. The first-order valence-electron chi connectivity index (χ1n) is 12.1. The molecule has 2 N–H and O–H groups in total. The Morgan fingerprint density at radius 2 is 2.09 bits per heavy atom. The summed E-state index contributed by atoms with van der Waals surface area (Å²) in [7, 11) is 0. The molecule has 3 aromatic heterocycles. The van der Waals surface area contributed by atoms with Crippen LogP contribution in [-0.2, 0) is 29.0 Å². The maximum absolute atomic E-state index is 12.5. The van der Waals surface area contributed by atoms with Gasteiger partial charge in [-0.3, -0.25) is 4.79 Å². The summed E-state index contributed by atoms with van der Waals surface area (Å²) in [6, 6.07) is 8.36. The number of benzene rings is 1. The molecule has 1 aromatic carbocycles. The van der Waals surface area contributed by atoms with Crippen LogP contribution in [0.2, 0.25) is 0 Å². The molecule has 0 aliphatic carbocycles. The summed E-state index contributed by atoms with van der Waals surface area (Å²) in [5.41, 5.74) is 5.27. The van der Waals surface area contributed by atoms with Crippen LogP contribution in [0.5, 0.6) is 0 Å². The summed E-state index contributed by atoms with van der Waals surface area (Å²) in [5.74, 6) is 0.324. The Kier molecular flexibility index (Phi) is 6.76. The van der Waals surface area contributed by atoms with Gasteiger partial charge in [-0.1, -0.05) is 29.8 Å². The fourth-order valence-electron chi connectivity index (χ4n) is 4.38. The van der Waals surface area contributed by atoms with Crippen LogP contribution in [0.1, 0.15) is 36.6 Å². The minimum Gasteiger partial charge on any atom is -0.444 e. The number of nitrogens with zero attached hydrogens (tertiary/aromatic N) is 4. The number of hydrogen-bond acceptors (Lipinski definition) is 7. The first-order valence-corrected chi connectivity index (χ1v) is 12.1. The van der Waals surface area contributed by atoms with Gasteiger partial charge in [0.05, 0.1) is 34.9 Å². The van der Waals surface area contributed by atoms with Crippen LogP contribution in [0.25, 0.3) is 22.5 Å². The van der Waals surface area contributed by atoms with Crippen LogP contribution in [0, 0.1) is 6.92 Å². The molecule has 9 heteroatoms. The van der Waals surface area contributed by atoms with Crippen molar-refractivity contribution in [2.24, 2.45) is 0 Å². The fraction of sp³-hybridized carbons (Fsp3) is 0.385. The Balaban J connectivity index is 1.35. The number of pyridine rings is 1. The fourth-order valence-corrected chi connectivity index (χ4v) is 4.38. The Hall–Kier alpha value is -3.72. The van der Waals surface area contributed by atoms with Crippen LogP contribution < -0.4 is 10.6 Å². The van der Waals surface area contributed by atoms with Gasteiger partial charge in [-0.25, -0.2) is 14.6 Å². The standard InChI is InChI=1S/C26H30N6O3/c1-3-32-25-21(15-29-32)24(30-19-7-9-34-10-8-19)22(14-28-25)26-31-20(16-35-26)12-23(33)27-13-18-6-4-5-17(2)11-18/h4-6,11,14-16,19H,3,7-10,12-13H2,1-2H3,(H,27,33)(H,28,30). The summed E-state index contributed by atoms with van der Waals surface area (Å²) >= 11 is 0. The molecule has 4 heterocycles. The molecule has 9 nitrogen and oxygen atoms in total. The molecule has 0 radical (unpaired) electrons. The lowest BCUT2D eigenvalue weighted by molar-refractivity contribution is -0.120. The van der Waals surface area contributed by atoms with Crippen molar-refractivity contribution in [1.82, 2.24) is 25.1 Å². The first kappa shape index (κ1) is 23.0. The summed E-state index contributed by atoms with van der Waals surface area (Å²) in [5, 5.41) is 12.0. The molecule has 0 atom stereocenters. The van der Waals surface area contributed by atoms with E-state index < -0.39 is 0 Å². The number of oxazole rings is 1. The van der Waals surface area contributed by atoms with Crippen LogP contribution in [0.15, 0.2) is 47.3 Å². The number of ether oxygens (including phenoxy) is 1. The zero-order valence-electron chi connectivity index (χ0n) is 20.1. The number of amides is 1. The van der Waals surface area contributed by atoms with Crippen molar-refractivity contribution >= 4 is 22.6 Å². The summed E-state index contributed by atoms with van der Waals surface area (Å²) in [6.07, 6.45) is 7.12. The highest BCUT2D eigenvalue weighted by Crippen LogP contribution is 2.34. The van der Waals surface area contributed by atoms with Crippen molar-refractivity contribution in [1.29, 1.82) is 0 Å². The van der Waals surface area contributed by atoms with Gasteiger partial charge < -0.3 is 19.8 Å². The molecule has 1 fully saturated rings. The lowest BCUT2D eigenvalue weighted by Gasteiger charge is -2.25. The van der Waals surface area contributed by atoms with Gasteiger partial charge in [0.1, 0.15) is 6.26 Å². The van der Waals surface area contributed by atoms with Gasteiger partial charge >= 0.3 is 0 Å². The van der Waals surface area contributed by atoms with E-state index in [1.807, 2.05) is 42.9 Å². The van der Waals surface area contributed by atoms with Gasteiger partial charge in [0, 0.05) is 38.5 Å². The van der Waals surface area contributed by atoms with Crippen molar-refractivity contribution in [3.63, 3.8) is 0 Å². The number of hydrogen-bond donors (Lipinski definition) is 2. The molecule has 1 saturated heterocycles. The third-order valence-electron chi connectivity index (χ3n) is 6.23. The molecule has 1 aliphatic rings. The highest BCUT2D eigenvalue weighted by molar-refractivity contribution is 5.96. The largest absolute Gasteiger partial charge is 0.444 e. The van der Waals surface area contributed by atoms with Crippen molar-refractivity contribution in [3.8, 4) is 11.5 Å². The lowest BCUT2D eigenvalue weighted by Crippen LogP contribution is -2.28. The van der Waals surface area contributed by atoms with Crippen LogP contribution in [0.3, 0.4) is 0 Å². The van der Waals surface area contributed by atoms with E-state index >= 15 is 0 Å². The third-order valence-corrected chi connectivity index (χ3v) is 6.23. The van der Waals surface area contributed by atoms with Crippen LogP contribution in [0.4, 0.5) is 5.69 Å². The number of rotatable bonds is 8. The van der Waals surface area contributed by atoms with Crippen LogP contribution >= 0.6 is 0 Å². The topological polar surface area (TPSA) is 107 Å². The molecular weight excluding hydrogens is 444 g/mol. The van der Waals surface area contributed by atoms with Crippen molar-refractivity contribution in [2.45, 2.75) is 52.2 Å². The molecule has 5 rings (SSSR count). The summed E-state index contributed by atoms with van der Waals surface area (Å²) in [4.78, 5) is 21.8. The average Bonchev–Trinajstić information content (AvgIpc) is 3.51. The lowest BCUT2D eigenvalue weighted by atomic mass is 10.1. The molecular formula is C26H30N6O3. The Labute approximate surface area is 203 Å².